The molecule has 0 amide bonds. The van der Waals surface area contributed by atoms with Crippen molar-refractivity contribution >= 4 is 21.4 Å². The Morgan fingerprint density at radius 2 is 2.05 bits per heavy atom. The van der Waals surface area contributed by atoms with Gasteiger partial charge >= 0.3 is 6.18 Å². The molecule has 1 aromatic heterocycles. The molecular formula is C15H18F3NOS. The van der Waals surface area contributed by atoms with Crippen molar-refractivity contribution in [2.75, 3.05) is 19.8 Å². The van der Waals surface area contributed by atoms with Gasteiger partial charge in [0.2, 0.25) is 0 Å². The zero-order valence-corrected chi connectivity index (χ0v) is 12.6. The molecule has 2 rings (SSSR count). The largest absolute Gasteiger partial charge is 0.411 e. The molecule has 0 bridgehead atoms. The van der Waals surface area contributed by atoms with Gasteiger partial charge in [0.25, 0.3) is 0 Å². The van der Waals surface area contributed by atoms with Gasteiger partial charge in [0.1, 0.15) is 6.61 Å². The third kappa shape index (κ3) is 4.69. The number of halogens is 3. The van der Waals surface area contributed by atoms with Crippen molar-refractivity contribution in [2.45, 2.75) is 25.6 Å². The molecule has 0 fully saturated rings. The fraction of sp³-hybridized carbons (Fsp3) is 0.467. The number of alkyl halides is 3. The highest BCUT2D eigenvalue weighted by Crippen LogP contribution is 2.31. The number of hydrogen-bond acceptors (Lipinski definition) is 3. The van der Waals surface area contributed by atoms with Crippen molar-refractivity contribution in [3.8, 4) is 0 Å². The van der Waals surface area contributed by atoms with E-state index in [0.29, 0.717) is 6.42 Å². The number of hydrogen-bond donors (Lipinski definition) is 1. The maximum atomic E-state index is 12.1. The molecule has 1 aromatic carbocycles. The van der Waals surface area contributed by atoms with E-state index in [1.165, 1.54) is 4.70 Å². The first-order valence-electron chi connectivity index (χ1n) is 6.85. The molecule has 0 spiro atoms. The van der Waals surface area contributed by atoms with E-state index in [1.54, 1.807) is 11.3 Å². The second-order valence-corrected chi connectivity index (χ2v) is 5.67. The lowest BCUT2D eigenvalue weighted by molar-refractivity contribution is -0.174. The van der Waals surface area contributed by atoms with Crippen LogP contribution < -0.4 is 5.32 Å². The van der Waals surface area contributed by atoms with Crippen molar-refractivity contribution in [3.05, 3.63) is 35.2 Å². The van der Waals surface area contributed by atoms with Crippen LogP contribution in [0.5, 0.6) is 0 Å². The molecule has 0 saturated heterocycles. The Morgan fingerprint density at radius 1 is 1.29 bits per heavy atom. The minimum atomic E-state index is -4.26. The van der Waals surface area contributed by atoms with Crippen LogP contribution >= 0.6 is 11.3 Å². The molecule has 1 unspecified atom stereocenters. The van der Waals surface area contributed by atoms with Crippen LogP contribution in [-0.4, -0.2) is 25.9 Å². The summed E-state index contributed by atoms with van der Waals surface area (Å²) < 4.78 is 42.1. The molecule has 1 atom stereocenters. The van der Waals surface area contributed by atoms with Gasteiger partial charge in [-0.25, -0.2) is 0 Å². The highest BCUT2D eigenvalue weighted by Gasteiger charge is 2.27. The summed E-state index contributed by atoms with van der Waals surface area (Å²) >= 11 is 1.65. The summed E-state index contributed by atoms with van der Waals surface area (Å²) in [5.74, 6) is 0. The Balaban J connectivity index is 2.01. The van der Waals surface area contributed by atoms with E-state index in [9.17, 15) is 13.2 Å². The Labute approximate surface area is 125 Å². The molecule has 0 aliphatic heterocycles. The van der Waals surface area contributed by atoms with Crippen LogP contribution in [0.4, 0.5) is 13.2 Å². The van der Waals surface area contributed by atoms with E-state index in [1.807, 2.05) is 31.2 Å². The summed E-state index contributed by atoms with van der Waals surface area (Å²) in [6.07, 6.45) is -3.74. The quantitative estimate of drug-likeness (QED) is 0.758. The van der Waals surface area contributed by atoms with Crippen LogP contribution in [0.15, 0.2) is 29.6 Å². The number of rotatable bonds is 7. The molecule has 1 heterocycles. The summed E-state index contributed by atoms with van der Waals surface area (Å²) in [6, 6.07) is 8.06. The molecule has 1 N–H and O–H groups in total. The lowest BCUT2D eigenvalue weighted by atomic mass is 10.0. The average Bonchev–Trinajstić information content (AvgIpc) is 2.85. The predicted molar refractivity (Wildman–Crippen MR) is 79.7 cm³/mol. The molecule has 0 aliphatic carbocycles. The van der Waals surface area contributed by atoms with Gasteiger partial charge in [-0.2, -0.15) is 13.2 Å². The van der Waals surface area contributed by atoms with E-state index in [4.69, 9.17) is 4.74 Å². The fourth-order valence-electron chi connectivity index (χ4n) is 2.27. The standard InChI is InChI=1S/C15H18F3NOS/c1-2-19-13(7-8-20-10-15(16,17)18)12-9-21-14-6-4-3-5-11(12)14/h3-6,9,13,19H,2,7-8,10H2,1H3. The SMILES string of the molecule is CCNC(CCOCC(F)(F)F)c1csc2ccccc12. The minimum Gasteiger partial charge on any atom is -0.372 e. The third-order valence-electron chi connectivity index (χ3n) is 3.15. The number of benzene rings is 1. The smallest absolute Gasteiger partial charge is 0.372 e. The van der Waals surface area contributed by atoms with Gasteiger partial charge in [0.05, 0.1) is 0 Å². The van der Waals surface area contributed by atoms with Crippen LogP contribution in [0.1, 0.15) is 24.9 Å². The molecule has 0 aliphatic rings. The zero-order chi connectivity index (χ0) is 15.3. The van der Waals surface area contributed by atoms with E-state index in [2.05, 4.69) is 10.7 Å². The van der Waals surface area contributed by atoms with Crippen molar-refractivity contribution < 1.29 is 17.9 Å². The zero-order valence-electron chi connectivity index (χ0n) is 11.7. The van der Waals surface area contributed by atoms with Crippen LogP contribution in [0, 0.1) is 0 Å². The highest BCUT2D eigenvalue weighted by atomic mass is 32.1. The molecule has 6 heteroatoms. The Hall–Kier alpha value is -1.11. The molecule has 0 saturated carbocycles. The van der Waals surface area contributed by atoms with Crippen molar-refractivity contribution in [2.24, 2.45) is 0 Å². The summed E-state index contributed by atoms with van der Waals surface area (Å²) in [4.78, 5) is 0. The second-order valence-electron chi connectivity index (χ2n) is 4.75. The summed E-state index contributed by atoms with van der Waals surface area (Å²) in [7, 11) is 0. The third-order valence-corrected chi connectivity index (χ3v) is 4.14. The summed E-state index contributed by atoms with van der Waals surface area (Å²) in [6.45, 7) is 1.64. The lowest BCUT2D eigenvalue weighted by Crippen LogP contribution is -2.24. The molecule has 0 radical (unpaired) electrons. The van der Waals surface area contributed by atoms with Gasteiger partial charge < -0.3 is 10.1 Å². The topological polar surface area (TPSA) is 21.3 Å². The van der Waals surface area contributed by atoms with Gasteiger partial charge in [0.15, 0.2) is 0 Å². The van der Waals surface area contributed by atoms with Crippen LogP contribution in [0.25, 0.3) is 10.1 Å². The normalized spacial score (nSPS) is 13.7. The van der Waals surface area contributed by atoms with E-state index < -0.39 is 12.8 Å². The Bertz CT molecular complexity index is 567. The van der Waals surface area contributed by atoms with E-state index >= 15 is 0 Å². The number of thiophene rings is 1. The molecule has 2 aromatic rings. The van der Waals surface area contributed by atoms with Crippen molar-refractivity contribution in [1.29, 1.82) is 0 Å². The average molecular weight is 317 g/mol. The first kappa shape index (κ1) is 16.3. The first-order valence-corrected chi connectivity index (χ1v) is 7.73. The van der Waals surface area contributed by atoms with Gasteiger partial charge in [-0.05, 0) is 35.4 Å². The Morgan fingerprint density at radius 3 is 2.76 bits per heavy atom. The van der Waals surface area contributed by atoms with E-state index in [-0.39, 0.29) is 12.6 Å². The minimum absolute atomic E-state index is 0.0133. The van der Waals surface area contributed by atoms with Gasteiger partial charge in [0, 0.05) is 17.3 Å². The second kappa shape index (κ2) is 7.24. The molecule has 21 heavy (non-hydrogen) atoms. The molecule has 2 nitrogen and oxygen atoms in total. The highest BCUT2D eigenvalue weighted by molar-refractivity contribution is 7.17. The molecular weight excluding hydrogens is 299 g/mol. The predicted octanol–water partition coefficient (Wildman–Crippen LogP) is 4.52. The fourth-order valence-corrected chi connectivity index (χ4v) is 3.29. The van der Waals surface area contributed by atoms with Crippen LogP contribution in [0.2, 0.25) is 0 Å². The van der Waals surface area contributed by atoms with Crippen LogP contribution in [0.3, 0.4) is 0 Å². The molecule has 116 valence electrons. The summed E-state index contributed by atoms with van der Waals surface area (Å²) in [5.41, 5.74) is 1.13. The first-order chi connectivity index (χ1) is 10.0. The Kier molecular flexibility index (Phi) is 5.61. The van der Waals surface area contributed by atoms with Crippen molar-refractivity contribution in [3.63, 3.8) is 0 Å². The monoisotopic (exact) mass is 317 g/mol. The van der Waals surface area contributed by atoms with E-state index in [0.717, 1.165) is 17.5 Å². The lowest BCUT2D eigenvalue weighted by Gasteiger charge is -2.18. The van der Waals surface area contributed by atoms with Gasteiger partial charge in [-0.3, -0.25) is 0 Å². The summed E-state index contributed by atoms with van der Waals surface area (Å²) in [5, 5.41) is 6.55. The van der Waals surface area contributed by atoms with Crippen LogP contribution in [-0.2, 0) is 4.74 Å². The van der Waals surface area contributed by atoms with Gasteiger partial charge in [-0.15, -0.1) is 11.3 Å². The maximum Gasteiger partial charge on any atom is 0.411 e. The number of ether oxygens (including phenoxy) is 1. The number of nitrogens with one attached hydrogen (secondary N) is 1. The van der Waals surface area contributed by atoms with Gasteiger partial charge in [-0.1, -0.05) is 25.1 Å². The van der Waals surface area contributed by atoms with Crippen molar-refractivity contribution in [1.82, 2.24) is 5.32 Å². The number of fused-ring (bicyclic) bond motifs is 1. The maximum absolute atomic E-state index is 12.1.